The van der Waals surface area contributed by atoms with Crippen molar-refractivity contribution in [2.45, 2.75) is 0 Å². The zero-order valence-corrected chi connectivity index (χ0v) is 8.21. The number of benzene rings is 1. The summed E-state index contributed by atoms with van der Waals surface area (Å²) < 4.78 is 18.5. The molecule has 2 rings (SSSR count). The minimum absolute atomic E-state index is 0.241. The number of hydrogen-bond donors (Lipinski definition) is 0. The molecule has 0 unspecified atom stereocenters. The van der Waals surface area contributed by atoms with Gasteiger partial charge in [0.25, 0.3) is 0 Å². The average molecular weight is 241 g/mol. The quantitative estimate of drug-likeness (QED) is 0.739. The van der Waals surface area contributed by atoms with Gasteiger partial charge in [0.05, 0.1) is 0 Å². The molecule has 0 atom stereocenters. The van der Waals surface area contributed by atoms with Crippen LogP contribution in [0.3, 0.4) is 0 Å². The Labute approximate surface area is 83.3 Å². The average Bonchev–Trinajstić information content (AvgIpc) is 2.53. The van der Waals surface area contributed by atoms with E-state index < -0.39 is 0 Å². The van der Waals surface area contributed by atoms with E-state index in [1.807, 2.05) is 6.07 Å². The molecular formula is C10H6BrFO. The van der Waals surface area contributed by atoms with Crippen LogP contribution in [0.2, 0.25) is 0 Å². The molecule has 0 spiro atoms. The summed E-state index contributed by atoms with van der Waals surface area (Å²) in [6.45, 7) is 0. The maximum atomic E-state index is 12.6. The van der Waals surface area contributed by atoms with E-state index in [1.165, 1.54) is 12.1 Å². The first-order valence-electron chi connectivity index (χ1n) is 3.77. The largest absolute Gasteiger partial charge is 0.449 e. The van der Waals surface area contributed by atoms with Crippen LogP contribution in [0.5, 0.6) is 0 Å². The van der Waals surface area contributed by atoms with E-state index in [1.54, 1.807) is 18.2 Å². The molecule has 1 nitrogen and oxygen atoms in total. The summed E-state index contributed by atoms with van der Waals surface area (Å²) in [5, 5.41) is 0. The van der Waals surface area contributed by atoms with E-state index in [-0.39, 0.29) is 5.82 Å². The minimum atomic E-state index is -0.241. The van der Waals surface area contributed by atoms with Crippen LogP contribution >= 0.6 is 15.9 Å². The van der Waals surface area contributed by atoms with Gasteiger partial charge in [-0.25, -0.2) is 4.39 Å². The molecular weight excluding hydrogens is 235 g/mol. The fourth-order valence-electron chi connectivity index (χ4n) is 1.08. The molecule has 0 aliphatic carbocycles. The van der Waals surface area contributed by atoms with Gasteiger partial charge in [0.1, 0.15) is 11.6 Å². The Kier molecular flexibility index (Phi) is 2.19. The predicted octanol–water partition coefficient (Wildman–Crippen LogP) is 3.85. The van der Waals surface area contributed by atoms with Gasteiger partial charge in [-0.15, -0.1) is 0 Å². The van der Waals surface area contributed by atoms with Crippen molar-refractivity contribution in [2.75, 3.05) is 0 Å². The molecule has 0 aliphatic heterocycles. The molecule has 0 fully saturated rings. The molecule has 0 bridgehead atoms. The van der Waals surface area contributed by atoms with Crippen molar-refractivity contribution in [3.8, 4) is 11.3 Å². The molecule has 66 valence electrons. The zero-order chi connectivity index (χ0) is 9.26. The third kappa shape index (κ3) is 1.80. The van der Waals surface area contributed by atoms with Gasteiger partial charge in [0.15, 0.2) is 4.67 Å². The molecule has 0 radical (unpaired) electrons. The normalized spacial score (nSPS) is 10.3. The highest BCUT2D eigenvalue weighted by molar-refractivity contribution is 9.10. The van der Waals surface area contributed by atoms with E-state index in [0.717, 1.165) is 11.3 Å². The van der Waals surface area contributed by atoms with Crippen LogP contribution in [0, 0.1) is 5.82 Å². The summed E-state index contributed by atoms with van der Waals surface area (Å²) in [5.74, 6) is 0.487. The lowest BCUT2D eigenvalue weighted by Crippen LogP contribution is -1.74. The van der Waals surface area contributed by atoms with Crippen LogP contribution in [0.4, 0.5) is 4.39 Å². The summed E-state index contributed by atoms with van der Waals surface area (Å²) in [6.07, 6.45) is 0. The van der Waals surface area contributed by atoms with Gasteiger partial charge in [-0.1, -0.05) is 0 Å². The first-order chi connectivity index (χ1) is 6.25. The van der Waals surface area contributed by atoms with Crippen molar-refractivity contribution < 1.29 is 8.81 Å². The topological polar surface area (TPSA) is 13.1 Å². The van der Waals surface area contributed by atoms with Crippen LogP contribution in [0.25, 0.3) is 11.3 Å². The Morgan fingerprint density at radius 3 is 2.23 bits per heavy atom. The second-order valence-electron chi connectivity index (χ2n) is 2.61. The highest BCUT2D eigenvalue weighted by Gasteiger charge is 2.02. The van der Waals surface area contributed by atoms with Gasteiger partial charge in [-0.05, 0) is 52.3 Å². The molecule has 0 aliphatic rings. The molecule has 0 saturated heterocycles. The second-order valence-corrected chi connectivity index (χ2v) is 3.39. The SMILES string of the molecule is Fc1ccc(-c2ccc(Br)o2)cc1. The maximum absolute atomic E-state index is 12.6. The third-order valence-corrected chi connectivity index (χ3v) is 2.13. The van der Waals surface area contributed by atoms with Crippen LogP contribution < -0.4 is 0 Å². The number of halogens is 2. The van der Waals surface area contributed by atoms with E-state index in [4.69, 9.17) is 4.42 Å². The Hall–Kier alpha value is -1.09. The van der Waals surface area contributed by atoms with Gasteiger partial charge < -0.3 is 4.42 Å². The Bertz CT molecular complexity index is 405. The van der Waals surface area contributed by atoms with Gasteiger partial charge >= 0.3 is 0 Å². The molecule has 3 heteroatoms. The lowest BCUT2D eigenvalue weighted by Gasteiger charge is -1.94. The maximum Gasteiger partial charge on any atom is 0.169 e. The molecule has 13 heavy (non-hydrogen) atoms. The van der Waals surface area contributed by atoms with Crippen molar-refractivity contribution in [1.82, 2.24) is 0 Å². The summed E-state index contributed by atoms with van der Waals surface area (Å²) >= 11 is 3.20. The van der Waals surface area contributed by atoms with Gasteiger partial charge in [0, 0.05) is 5.56 Å². The monoisotopic (exact) mass is 240 g/mol. The van der Waals surface area contributed by atoms with Gasteiger partial charge in [-0.2, -0.15) is 0 Å². The Balaban J connectivity index is 2.41. The fourth-order valence-corrected chi connectivity index (χ4v) is 1.39. The zero-order valence-electron chi connectivity index (χ0n) is 6.63. The van der Waals surface area contributed by atoms with Gasteiger partial charge in [0.2, 0.25) is 0 Å². The summed E-state index contributed by atoms with van der Waals surface area (Å²) in [7, 11) is 0. The molecule has 0 saturated carbocycles. The summed E-state index contributed by atoms with van der Waals surface area (Å²) in [6, 6.07) is 9.81. The van der Waals surface area contributed by atoms with Crippen LogP contribution in [-0.4, -0.2) is 0 Å². The summed E-state index contributed by atoms with van der Waals surface area (Å²) in [5.41, 5.74) is 0.868. The number of rotatable bonds is 1. The molecule has 1 heterocycles. The number of hydrogen-bond acceptors (Lipinski definition) is 1. The Morgan fingerprint density at radius 1 is 1.00 bits per heavy atom. The van der Waals surface area contributed by atoms with Crippen LogP contribution in [0.1, 0.15) is 0 Å². The molecule has 1 aromatic carbocycles. The molecule has 1 aromatic heterocycles. The standard InChI is InChI=1S/C10H6BrFO/c11-10-6-5-9(13-10)7-1-3-8(12)4-2-7/h1-6H. The van der Waals surface area contributed by atoms with E-state index >= 15 is 0 Å². The molecule has 0 amide bonds. The first kappa shape index (κ1) is 8.51. The minimum Gasteiger partial charge on any atom is -0.449 e. The van der Waals surface area contributed by atoms with Crippen molar-refractivity contribution in [3.05, 3.63) is 46.9 Å². The highest BCUT2D eigenvalue weighted by atomic mass is 79.9. The molecule has 0 N–H and O–H groups in total. The van der Waals surface area contributed by atoms with Crippen molar-refractivity contribution in [2.24, 2.45) is 0 Å². The first-order valence-corrected chi connectivity index (χ1v) is 4.56. The van der Waals surface area contributed by atoms with Crippen molar-refractivity contribution in [3.63, 3.8) is 0 Å². The lowest BCUT2D eigenvalue weighted by atomic mass is 10.2. The predicted molar refractivity (Wildman–Crippen MR) is 51.8 cm³/mol. The fraction of sp³-hybridized carbons (Fsp3) is 0. The van der Waals surface area contributed by atoms with Gasteiger partial charge in [-0.3, -0.25) is 0 Å². The molecule has 2 aromatic rings. The van der Waals surface area contributed by atoms with Crippen LogP contribution in [-0.2, 0) is 0 Å². The van der Waals surface area contributed by atoms with Crippen molar-refractivity contribution >= 4 is 15.9 Å². The third-order valence-electron chi connectivity index (χ3n) is 1.70. The summed E-state index contributed by atoms with van der Waals surface area (Å²) in [4.78, 5) is 0. The van der Waals surface area contributed by atoms with E-state index in [2.05, 4.69) is 15.9 Å². The van der Waals surface area contributed by atoms with E-state index in [0.29, 0.717) is 4.67 Å². The number of furan rings is 1. The lowest BCUT2D eigenvalue weighted by molar-refractivity contribution is 0.555. The van der Waals surface area contributed by atoms with Crippen molar-refractivity contribution in [1.29, 1.82) is 0 Å². The van der Waals surface area contributed by atoms with Crippen LogP contribution in [0.15, 0.2) is 45.5 Å². The smallest absolute Gasteiger partial charge is 0.169 e. The highest BCUT2D eigenvalue weighted by Crippen LogP contribution is 2.24. The van der Waals surface area contributed by atoms with E-state index in [9.17, 15) is 4.39 Å². The Morgan fingerprint density at radius 2 is 1.69 bits per heavy atom. The second kappa shape index (κ2) is 3.34.